The minimum Gasteiger partial charge on any atom is -0.339 e. The predicted molar refractivity (Wildman–Crippen MR) is 101 cm³/mol. The number of fused-ring (bicyclic) bond motifs is 1. The first-order valence-corrected chi connectivity index (χ1v) is 8.75. The molecular formula is C19H21ClN4O. The Bertz CT molecular complexity index is 927. The van der Waals surface area contributed by atoms with Gasteiger partial charge in [0.25, 0.3) is 5.91 Å². The zero-order chi connectivity index (χ0) is 18.1. The van der Waals surface area contributed by atoms with Crippen molar-refractivity contribution in [2.45, 2.75) is 27.7 Å². The molecular weight excluding hydrogens is 336 g/mol. The molecule has 25 heavy (non-hydrogen) atoms. The van der Waals surface area contributed by atoms with Gasteiger partial charge in [-0.25, -0.2) is 9.67 Å². The second-order valence-electron chi connectivity index (χ2n) is 5.99. The number of aromatic nitrogens is 3. The van der Waals surface area contributed by atoms with Gasteiger partial charge in [0.15, 0.2) is 5.65 Å². The lowest BCUT2D eigenvalue weighted by atomic mass is 10.1. The van der Waals surface area contributed by atoms with Crippen LogP contribution in [0.1, 0.15) is 35.5 Å². The van der Waals surface area contributed by atoms with E-state index in [-0.39, 0.29) is 5.91 Å². The molecule has 1 amide bonds. The molecule has 0 aliphatic rings. The van der Waals surface area contributed by atoms with Crippen molar-refractivity contribution in [3.63, 3.8) is 0 Å². The molecule has 0 atom stereocenters. The normalized spacial score (nSPS) is 11.1. The number of aryl methyl sites for hydroxylation is 2. The highest BCUT2D eigenvalue weighted by molar-refractivity contribution is 6.38. The van der Waals surface area contributed by atoms with Crippen molar-refractivity contribution in [2.75, 3.05) is 13.1 Å². The molecule has 0 radical (unpaired) electrons. The van der Waals surface area contributed by atoms with Gasteiger partial charge in [-0.05, 0) is 39.8 Å². The molecule has 2 aromatic heterocycles. The van der Waals surface area contributed by atoms with Crippen LogP contribution in [0.2, 0.25) is 5.02 Å². The van der Waals surface area contributed by atoms with E-state index in [2.05, 4.69) is 10.1 Å². The fraction of sp³-hybridized carbons (Fsp3) is 0.316. The maximum Gasteiger partial charge on any atom is 0.256 e. The number of carbonyl (C=O) groups is 1. The van der Waals surface area contributed by atoms with E-state index in [1.165, 1.54) is 5.56 Å². The van der Waals surface area contributed by atoms with Crippen LogP contribution in [0.3, 0.4) is 0 Å². The summed E-state index contributed by atoms with van der Waals surface area (Å²) in [6.07, 6.45) is 1.55. The first-order valence-electron chi connectivity index (χ1n) is 8.38. The standard InChI is InChI=1S/C19H21ClN4O/c1-5-23(6-2)19(25)15-11-21-18-16(17(15)20)13(4)22-24(18)14-9-7-12(3)8-10-14/h7-11H,5-6H2,1-4H3. The zero-order valence-electron chi connectivity index (χ0n) is 14.9. The molecule has 0 saturated heterocycles. The van der Waals surface area contributed by atoms with Crippen LogP contribution < -0.4 is 0 Å². The van der Waals surface area contributed by atoms with Crippen LogP contribution in [0.5, 0.6) is 0 Å². The van der Waals surface area contributed by atoms with Crippen LogP contribution in [-0.2, 0) is 0 Å². The Balaban J connectivity index is 2.16. The van der Waals surface area contributed by atoms with E-state index in [4.69, 9.17) is 11.6 Å². The highest BCUT2D eigenvalue weighted by Crippen LogP contribution is 2.30. The Hall–Kier alpha value is -2.40. The lowest BCUT2D eigenvalue weighted by Crippen LogP contribution is -2.30. The van der Waals surface area contributed by atoms with Gasteiger partial charge < -0.3 is 4.90 Å². The molecule has 0 bridgehead atoms. The van der Waals surface area contributed by atoms with Crippen molar-refractivity contribution in [2.24, 2.45) is 0 Å². The lowest BCUT2D eigenvalue weighted by molar-refractivity contribution is 0.0773. The average molecular weight is 357 g/mol. The van der Waals surface area contributed by atoms with Gasteiger partial charge >= 0.3 is 0 Å². The summed E-state index contributed by atoms with van der Waals surface area (Å²) in [5.74, 6) is -0.105. The van der Waals surface area contributed by atoms with Gasteiger partial charge in [0, 0.05) is 19.3 Å². The average Bonchev–Trinajstić information content (AvgIpc) is 2.94. The summed E-state index contributed by atoms with van der Waals surface area (Å²) in [6, 6.07) is 8.04. The number of rotatable bonds is 4. The van der Waals surface area contributed by atoms with Crippen LogP contribution in [0.4, 0.5) is 0 Å². The van der Waals surface area contributed by atoms with Gasteiger partial charge in [-0.2, -0.15) is 5.10 Å². The minimum atomic E-state index is -0.105. The molecule has 5 nitrogen and oxygen atoms in total. The molecule has 0 fully saturated rings. The quantitative estimate of drug-likeness (QED) is 0.704. The molecule has 0 N–H and O–H groups in total. The van der Waals surface area contributed by atoms with Gasteiger partial charge in [-0.1, -0.05) is 29.3 Å². The lowest BCUT2D eigenvalue weighted by Gasteiger charge is -2.19. The molecule has 3 aromatic rings. The number of hydrogen-bond acceptors (Lipinski definition) is 3. The van der Waals surface area contributed by atoms with Crippen molar-refractivity contribution >= 4 is 28.5 Å². The van der Waals surface area contributed by atoms with Crippen molar-refractivity contribution in [1.29, 1.82) is 0 Å². The molecule has 0 spiro atoms. The first-order chi connectivity index (χ1) is 12.0. The number of pyridine rings is 1. The van der Waals surface area contributed by atoms with E-state index in [1.807, 2.05) is 52.0 Å². The number of hydrogen-bond donors (Lipinski definition) is 0. The molecule has 130 valence electrons. The second-order valence-corrected chi connectivity index (χ2v) is 6.37. The van der Waals surface area contributed by atoms with E-state index < -0.39 is 0 Å². The fourth-order valence-corrected chi connectivity index (χ4v) is 3.26. The SMILES string of the molecule is CCN(CC)C(=O)c1cnc2c(c(C)nn2-c2ccc(C)cc2)c1Cl. The van der Waals surface area contributed by atoms with Crippen molar-refractivity contribution in [3.05, 3.63) is 52.3 Å². The summed E-state index contributed by atoms with van der Waals surface area (Å²) < 4.78 is 1.77. The number of amides is 1. The van der Waals surface area contributed by atoms with Gasteiger partial charge in [0.1, 0.15) is 0 Å². The molecule has 1 aromatic carbocycles. The van der Waals surface area contributed by atoms with Gasteiger partial charge in [-0.3, -0.25) is 4.79 Å². The number of benzene rings is 1. The predicted octanol–water partition coefficient (Wildman–Crippen LogP) is 4.17. The van der Waals surface area contributed by atoms with E-state index in [0.717, 1.165) is 16.8 Å². The number of carbonyl (C=O) groups excluding carboxylic acids is 1. The van der Waals surface area contributed by atoms with E-state index in [9.17, 15) is 4.79 Å². The summed E-state index contributed by atoms with van der Waals surface area (Å²) >= 11 is 6.58. The highest BCUT2D eigenvalue weighted by atomic mass is 35.5. The summed E-state index contributed by atoms with van der Waals surface area (Å²) in [5.41, 5.74) is 3.92. The van der Waals surface area contributed by atoms with Gasteiger partial charge in [-0.15, -0.1) is 0 Å². The number of nitrogens with zero attached hydrogens (tertiary/aromatic N) is 4. The minimum absolute atomic E-state index is 0.105. The Morgan fingerprint density at radius 2 is 1.80 bits per heavy atom. The Kier molecular flexibility index (Phi) is 4.77. The maximum absolute atomic E-state index is 12.7. The van der Waals surface area contributed by atoms with Gasteiger partial charge in [0.05, 0.1) is 27.4 Å². The van der Waals surface area contributed by atoms with Crippen molar-refractivity contribution < 1.29 is 4.79 Å². The third kappa shape index (κ3) is 3.00. The first kappa shape index (κ1) is 17.4. The van der Waals surface area contributed by atoms with E-state index in [0.29, 0.717) is 29.3 Å². The summed E-state index contributed by atoms with van der Waals surface area (Å²) in [7, 11) is 0. The molecule has 6 heteroatoms. The summed E-state index contributed by atoms with van der Waals surface area (Å²) in [5, 5.41) is 5.72. The molecule has 0 aliphatic carbocycles. The molecule has 0 saturated carbocycles. The summed E-state index contributed by atoms with van der Waals surface area (Å²) in [4.78, 5) is 18.9. The van der Waals surface area contributed by atoms with E-state index in [1.54, 1.807) is 15.8 Å². The van der Waals surface area contributed by atoms with E-state index >= 15 is 0 Å². The van der Waals surface area contributed by atoms with Crippen LogP contribution in [0.25, 0.3) is 16.7 Å². The third-order valence-corrected chi connectivity index (χ3v) is 4.76. The van der Waals surface area contributed by atoms with Crippen LogP contribution >= 0.6 is 11.6 Å². The van der Waals surface area contributed by atoms with Crippen molar-refractivity contribution in [3.8, 4) is 5.69 Å². The Morgan fingerprint density at radius 1 is 1.16 bits per heavy atom. The largest absolute Gasteiger partial charge is 0.339 e. The molecule has 3 rings (SSSR count). The molecule has 0 aliphatic heterocycles. The summed E-state index contributed by atoms with van der Waals surface area (Å²) in [6.45, 7) is 9.07. The third-order valence-electron chi connectivity index (χ3n) is 4.37. The zero-order valence-corrected chi connectivity index (χ0v) is 15.6. The highest BCUT2D eigenvalue weighted by Gasteiger charge is 2.22. The maximum atomic E-state index is 12.7. The smallest absolute Gasteiger partial charge is 0.256 e. The van der Waals surface area contributed by atoms with Crippen molar-refractivity contribution in [1.82, 2.24) is 19.7 Å². The Labute approximate surface area is 152 Å². The molecule has 0 unspecified atom stereocenters. The van der Waals surface area contributed by atoms with Gasteiger partial charge in [0.2, 0.25) is 0 Å². The second kappa shape index (κ2) is 6.84. The fourth-order valence-electron chi connectivity index (χ4n) is 2.90. The van der Waals surface area contributed by atoms with Crippen LogP contribution in [0.15, 0.2) is 30.5 Å². The Morgan fingerprint density at radius 3 is 2.40 bits per heavy atom. The molecule has 2 heterocycles. The number of halogens is 1. The monoisotopic (exact) mass is 356 g/mol. The topological polar surface area (TPSA) is 51.0 Å². The van der Waals surface area contributed by atoms with Crippen LogP contribution in [0, 0.1) is 13.8 Å². The van der Waals surface area contributed by atoms with Crippen LogP contribution in [-0.4, -0.2) is 38.7 Å².